The lowest BCUT2D eigenvalue weighted by atomic mass is 9.67. The van der Waals surface area contributed by atoms with Gasteiger partial charge >= 0.3 is 0 Å². The van der Waals surface area contributed by atoms with Gasteiger partial charge in [0.2, 0.25) is 0 Å². The molecule has 0 aliphatic heterocycles. The highest BCUT2D eigenvalue weighted by molar-refractivity contribution is 5.95. The lowest BCUT2D eigenvalue weighted by Gasteiger charge is -2.41. The van der Waals surface area contributed by atoms with Crippen LogP contribution < -0.4 is 0 Å². The van der Waals surface area contributed by atoms with Gasteiger partial charge in [-0.05, 0) is 306 Å². The molecule has 1 N–H and O–H groups in total. The Balaban J connectivity index is 0.759. The van der Waals surface area contributed by atoms with Crippen LogP contribution in [0.5, 0.6) is 0 Å². The Morgan fingerprint density at radius 1 is 0.311 bits per heavy atom. The van der Waals surface area contributed by atoms with E-state index in [1.54, 1.807) is 54.6 Å². The van der Waals surface area contributed by atoms with E-state index in [0.29, 0.717) is 6.42 Å². The Hall–Kier alpha value is -16.4. The van der Waals surface area contributed by atoms with Gasteiger partial charge < -0.3 is 10.3 Å². The van der Waals surface area contributed by atoms with Crippen LogP contribution in [0, 0.1) is 56.4 Å². The van der Waals surface area contributed by atoms with E-state index in [-0.39, 0.29) is 23.3 Å². The van der Waals surface area contributed by atoms with E-state index in [9.17, 15) is 17.6 Å². The molecule has 19 rings (SSSR count). The number of benzene rings is 14. The molecule has 132 heavy (non-hydrogen) atoms. The first-order valence-electron chi connectivity index (χ1n) is 44.1. The SMILES string of the molecule is C=C/C=C(/N(C)/C=C\C=N)C1(c2cc(-c3ccccc3-c3ccc(-c4cc(C)c(-c5ccc(F)cc5)cn4)cc3)cc(-c3ccccc3-c3ccc(-c4cc(C)c(-c5ccc(F)cc5)cn4)cc3)c2)C=CC=C(c2cc(-c3ccccc3-c3ccc(-c4cc(C)c(-c5ccc(F)cc5)cn4)cc3)cc(-c3ccccc3-c3ccc(-c4cc(C)c(-c5ccc(F)cc5)cn4)cc3)c2)C1. The number of nitrogens with zero attached hydrogens (tertiary/aromatic N) is 5. The quantitative estimate of drug-likeness (QED) is 0.0392. The summed E-state index contributed by atoms with van der Waals surface area (Å²) in [7, 11) is 2.05. The van der Waals surface area contributed by atoms with Crippen LogP contribution in [0.2, 0.25) is 0 Å². The number of nitrogens with one attached hydrogen (secondary N) is 1. The van der Waals surface area contributed by atoms with Crippen molar-refractivity contribution in [3.63, 3.8) is 0 Å². The van der Waals surface area contributed by atoms with Crippen molar-refractivity contribution in [1.82, 2.24) is 24.8 Å². The second-order valence-corrected chi connectivity index (χ2v) is 33.8. The Labute approximate surface area is 768 Å². The highest BCUT2D eigenvalue weighted by Gasteiger charge is 2.39. The van der Waals surface area contributed by atoms with Crippen LogP contribution in [0.4, 0.5) is 17.6 Å². The molecule has 1 aliphatic carbocycles. The van der Waals surface area contributed by atoms with Gasteiger partial charge in [0.15, 0.2) is 0 Å². The minimum atomic E-state index is -0.967. The standard InChI is InChI=1S/C122H90F4N6/c1-7-18-121(132(6)62-17-61-127)122(100-71-98(111-26-14-10-22-107(111)84-32-40-92(41-33-84)119-65-80(4)115(76-130-119)88-48-56-103(125)57-49-88)70-99(72-100)112-27-15-11-23-108(112)85-34-42-93(43-35-85)120-66-81(5)116(77-131-120)89-50-58-104(126)59-51-89)60-16-19-94(73-122)95-67-96(109-24-12-8-20-105(109)82-28-36-90(37-29-82)117-63-78(2)113(74-128-117)86-44-52-101(123)53-45-86)69-97(68-95)110-25-13-9-21-106(110)83-30-38-91(39-31-83)118-64-79(3)114(75-129-118)87-46-54-102(124)55-47-87/h7-72,74-77,127H,1,73H2,2-6H3/b62-17-,121-18+,127-61?. The van der Waals surface area contributed by atoms with Crippen molar-refractivity contribution in [2.24, 2.45) is 0 Å². The molecule has 0 saturated heterocycles. The Morgan fingerprint density at radius 3 is 0.818 bits per heavy atom. The third kappa shape index (κ3) is 17.5. The van der Waals surface area contributed by atoms with Gasteiger partial charge in [0, 0.05) is 94.5 Å². The van der Waals surface area contributed by atoms with E-state index in [1.807, 2.05) is 37.1 Å². The normalized spacial score (nSPS) is 13.1. The second-order valence-electron chi connectivity index (χ2n) is 33.8. The van der Waals surface area contributed by atoms with Crippen molar-refractivity contribution in [1.29, 1.82) is 5.41 Å². The highest BCUT2D eigenvalue weighted by atomic mass is 19.1. The molecule has 1 unspecified atom stereocenters. The Kier molecular flexibility index (Phi) is 23.9. The monoisotopic (exact) mass is 1710 g/mol. The zero-order valence-corrected chi connectivity index (χ0v) is 73.6. The summed E-state index contributed by atoms with van der Waals surface area (Å²) in [6.07, 6.45) is 23.8. The number of hydrogen-bond donors (Lipinski definition) is 1. The van der Waals surface area contributed by atoms with Gasteiger partial charge in [0.1, 0.15) is 23.3 Å². The fourth-order valence-electron chi connectivity index (χ4n) is 18.5. The third-order valence-corrected chi connectivity index (χ3v) is 25.4. The molecule has 4 heterocycles. The molecule has 14 aromatic carbocycles. The van der Waals surface area contributed by atoms with E-state index in [1.165, 1.54) is 54.7 Å². The van der Waals surface area contributed by atoms with E-state index in [4.69, 9.17) is 25.3 Å². The van der Waals surface area contributed by atoms with E-state index in [0.717, 1.165) is 223 Å². The van der Waals surface area contributed by atoms with Crippen LogP contribution in [-0.4, -0.2) is 38.1 Å². The average molecular weight is 1720 g/mol. The highest BCUT2D eigenvalue weighted by Crippen LogP contribution is 2.52. The van der Waals surface area contributed by atoms with Gasteiger partial charge in [-0.1, -0.05) is 274 Å². The van der Waals surface area contributed by atoms with Crippen molar-refractivity contribution >= 4 is 11.8 Å². The van der Waals surface area contributed by atoms with Gasteiger partial charge in [-0.3, -0.25) is 19.9 Å². The molecule has 4 aromatic heterocycles. The van der Waals surface area contributed by atoms with E-state index >= 15 is 0 Å². The first-order valence-corrected chi connectivity index (χ1v) is 44.1. The lowest BCUT2D eigenvalue weighted by molar-refractivity contribution is 0.451. The van der Waals surface area contributed by atoms with Gasteiger partial charge in [0.25, 0.3) is 0 Å². The van der Waals surface area contributed by atoms with Crippen molar-refractivity contribution < 1.29 is 17.6 Å². The van der Waals surface area contributed by atoms with Crippen LogP contribution in [0.15, 0.2) is 432 Å². The lowest BCUT2D eigenvalue weighted by Crippen LogP contribution is -2.35. The fraction of sp³-hybridized carbons (Fsp3) is 0.0574. The molecule has 0 amide bonds. The molecular weight excluding hydrogens is 1630 g/mol. The van der Waals surface area contributed by atoms with Crippen LogP contribution in [0.1, 0.15) is 39.8 Å². The zero-order valence-electron chi connectivity index (χ0n) is 73.6. The van der Waals surface area contributed by atoms with Gasteiger partial charge in [-0.15, -0.1) is 0 Å². The molecule has 18 aromatic rings. The van der Waals surface area contributed by atoms with Crippen molar-refractivity contribution in [2.45, 2.75) is 39.5 Å². The fourth-order valence-corrected chi connectivity index (χ4v) is 18.5. The van der Waals surface area contributed by atoms with E-state index in [2.05, 4.69) is 325 Å². The minimum absolute atomic E-state index is 0.285. The maximum Gasteiger partial charge on any atom is 0.123 e. The topological polar surface area (TPSA) is 78.7 Å². The number of likely N-dealkylation sites (N-methyl/N-ethyl adjacent to an activating group) is 1. The summed E-state index contributed by atoms with van der Waals surface area (Å²) in [5.74, 6) is -1.14. The summed E-state index contributed by atoms with van der Waals surface area (Å²) in [5.41, 5.74) is 38.0. The van der Waals surface area contributed by atoms with Crippen LogP contribution in [0.3, 0.4) is 0 Å². The molecule has 10 heteroatoms. The molecule has 636 valence electrons. The van der Waals surface area contributed by atoms with Gasteiger partial charge in [0.05, 0.1) is 28.2 Å². The maximum absolute atomic E-state index is 14.1. The number of halogens is 4. The van der Waals surface area contributed by atoms with Crippen LogP contribution in [-0.2, 0) is 5.41 Å². The summed E-state index contributed by atoms with van der Waals surface area (Å²) < 4.78 is 56.4. The number of allylic oxidation sites excluding steroid dienone is 7. The summed E-state index contributed by atoms with van der Waals surface area (Å²) in [4.78, 5) is 22.0. The molecular formula is C122H90F4N6. The van der Waals surface area contributed by atoms with E-state index < -0.39 is 5.41 Å². The number of rotatable bonds is 23. The number of aromatic nitrogens is 4. The number of aryl methyl sites for hydroxylation is 4. The molecule has 1 atom stereocenters. The third-order valence-electron chi connectivity index (χ3n) is 25.4. The summed E-state index contributed by atoms with van der Waals surface area (Å²) in [5, 5.41) is 8.43. The molecule has 0 bridgehead atoms. The maximum atomic E-state index is 14.1. The minimum Gasteiger partial charge on any atom is -0.353 e. The van der Waals surface area contributed by atoms with Crippen molar-refractivity contribution in [3.8, 4) is 179 Å². The van der Waals surface area contributed by atoms with Crippen LogP contribution >= 0.6 is 0 Å². The van der Waals surface area contributed by atoms with Crippen molar-refractivity contribution in [3.05, 3.63) is 488 Å². The first-order chi connectivity index (χ1) is 64.5. The summed E-state index contributed by atoms with van der Waals surface area (Å²) in [6.45, 7) is 12.7. The number of pyridine rings is 4. The molecule has 0 saturated carbocycles. The predicted octanol–water partition coefficient (Wildman–Crippen LogP) is 32.2. The smallest absolute Gasteiger partial charge is 0.123 e. The van der Waals surface area contributed by atoms with Crippen molar-refractivity contribution in [2.75, 3.05) is 7.05 Å². The van der Waals surface area contributed by atoms with Gasteiger partial charge in [-0.2, -0.15) is 0 Å². The van der Waals surface area contributed by atoms with Crippen LogP contribution in [0.25, 0.3) is 184 Å². The first kappa shape index (κ1) is 85.0. The van der Waals surface area contributed by atoms with Gasteiger partial charge in [-0.25, -0.2) is 17.6 Å². The number of hydrogen-bond acceptors (Lipinski definition) is 6. The molecule has 1 aliphatic rings. The molecule has 6 nitrogen and oxygen atoms in total. The molecule has 0 radical (unpaired) electrons. The second kappa shape index (κ2) is 37.1. The summed E-state index contributed by atoms with van der Waals surface area (Å²) in [6, 6.07) is 118. The predicted molar refractivity (Wildman–Crippen MR) is 537 cm³/mol. The molecule has 0 spiro atoms. The Bertz CT molecular complexity index is 7160. The largest absolute Gasteiger partial charge is 0.353 e. The zero-order chi connectivity index (χ0) is 90.5. The molecule has 0 fully saturated rings. The average Bonchev–Trinajstić information content (AvgIpc) is 0.737. The Morgan fingerprint density at radius 2 is 0.553 bits per heavy atom. The summed E-state index contributed by atoms with van der Waals surface area (Å²) >= 11 is 0.